The molecule has 1 aliphatic heterocycles. The highest BCUT2D eigenvalue weighted by molar-refractivity contribution is 5.92. The number of halogens is 1. The molecule has 3 rings (SSSR count). The molecule has 0 aliphatic carbocycles. The Labute approximate surface area is 147 Å². The van der Waals surface area contributed by atoms with Crippen LogP contribution in [0.25, 0.3) is 0 Å². The minimum Gasteiger partial charge on any atom is -0.325 e. The highest BCUT2D eigenvalue weighted by Crippen LogP contribution is 2.20. The molecule has 0 atom stereocenters. The molecule has 1 aliphatic rings. The molecule has 6 heteroatoms. The molecule has 1 fully saturated rings. The number of piperidine rings is 1. The molecule has 2 heterocycles. The fourth-order valence-electron chi connectivity index (χ4n) is 3.40. The summed E-state index contributed by atoms with van der Waals surface area (Å²) in [5, 5.41) is 7.29. The number of anilines is 1. The van der Waals surface area contributed by atoms with Crippen molar-refractivity contribution in [3.63, 3.8) is 0 Å². The molecule has 1 aromatic heterocycles. The highest BCUT2D eigenvalue weighted by atomic mass is 19.1. The van der Waals surface area contributed by atoms with Crippen molar-refractivity contribution < 1.29 is 9.18 Å². The lowest BCUT2D eigenvalue weighted by Gasteiger charge is -2.31. The van der Waals surface area contributed by atoms with E-state index in [1.807, 2.05) is 6.92 Å². The number of nitrogens with one attached hydrogen (secondary N) is 1. The first kappa shape index (κ1) is 17.6. The minimum absolute atomic E-state index is 0.0948. The molecule has 1 amide bonds. The predicted molar refractivity (Wildman–Crippen MR) is 95.9 cm³/mol. The van der Waals surface area contributed by atoms with Gasteiger partial charge in [-0.25, -0.2) is 4.39 Å². The van der Waals surface area contributed by atoms with Crippen LogP contribution in [0.1, 0.15) is 24.2 Å². The number of rotatable bonds is 5. The number of hydrogen-bond acceptors (Lipinski definition) is 3. The van der Waals surface area contributed by atoms with Crippen LogP contribution in [-0.4, -0.2) is 40.2 Å². The first-order valence-electron chi connectivity index (χ1n) is 8.78. The highest BCUT2D eigenvalue weighted by Gasteiger charge is 2.22. The Hall–Kier alpha value is -2.21. The van der Waals surface area contributed by atoms with Crippen LogP contribution < -0.4 is 5.32 Å². The second kappa shape index (κ2) is 7.78. The quantitative estimate of drug-likeness (QED) is 0.907. The summed E-state index contributed by atoms with van der Waals surface area (Å²) >= 11 is 0. The number of amides is 1. The Morgan fingerprint density at radius 3 is 2.68 bits per heavy atom. The van der Waals surface area contributed by atoms with Gasteiger partial charge in [0, 0.05) is 17.9 Å². The number of nitrogens with zero attached hydrogens (tertiary/aromatic N) is 3. The van der Waals surface area contributed by atoms with Gasteiger partial charge in [0.2, 0.25) is 5.91 Å². The van der Waals surface area contributed by atoms with Gasteiger partial charge in [-0.15, -0.1) is 0 Å². The molecule has 5 nitrogen and oxygen atoms in total. The topological polar surface area (TPSA) is 50.2 Å². The van der Waals surface area contributed by atoms with Crippen LogP contribution in [0.5, 0.6) is 0 Å². The smallest absolute Gasteiger partial charge is 0.238 e. The van der Waals surface area contributed by atoms with Crippen LogP contribution in [0.15, 0.2) is 30.3 Å². The number of likely N-dealkylation sites (tertiary alicyclic amines) is 1. The van der Waals surface area contributed by atoms with E-state index in [0.717, 1.165) is 38.2 Å². The van der Waals surface area contributed by atoms with E-state index in [1.54, 1.807) is 12.1 Å². The third kappa shape index (κ3) is 4.89. The van der Waals surface area contributed by atoms with Crippen molar-refractivity contribution in [2.24, 2.45) is 5.92 Å². The monoisotopic (exact) mass is 344 g/mol. The fourth-order valence-corrected chi connectivity index (χ4v) is 3.40. The number of benzene rings is 1. The van der Waals surface area contributed by atoms with Gasteiger partial charge in [-0.3, -0.25) is 14.4 Å². The van der Waals surface area contributed by atoms with Gasteiger partial charge in [-0.1, -0.05) is 6.07 Å². The zero-order valence-electron chi connectivity index (χ0n) is 14.8. The van der Waals surface area contributed by atoms with Gasteiger partial charge in [0.15, 0.2) is 0 Å². The molecule has 25 heavy (non-hydrogen) atoms. The summed E-state index contributed by atoms with van der Waals surface area (Å²) in [7, 11) is 0. The lowest BCUT2D eigenvalue weighted by Crippen LogP contribution is -2.40. The van der Waals surface area contributed by atoms with Crippen LogP contribution in [-0.2, 0) is 11.3 Å². The van der Waals surface area contributed by atoms with Crippen molar-refractivity contribution in [1.29, 1.82) is 0 Å². The average Bonchev–Trinajstić information content (AvgIpc) is 2.86. The third-order valence-electron chi connectivity index (χ3n) is 4.72. The van der Waals surface area contributed by atoms with Crippen molar-refractivity contribution in [3.8, 4) is 0 Å². The molecule has 0 saturated carbocycles. The lowest BCUT2D eigenvalue weighted by molar-refractivity contribution is -0.117. The van der Waals surface area contributed by atoms with E-state index in [2.05, 4.69) is 33.0 Å². The first-order chi connectivity index (χ1) is 12.0. The predicted octanol–water partition coefficient (Wildman–Crippen LogP) is 2.99. The summed E-state index contributed by atoms with van der Waals surface area (Å²) in [6.07, 6.45) is 2.12. The Morgan fingerprint density at radius 2 is 2.04 bits per heavy atom. The Balaban J connectivity index is 1.44. The molecule has 134 valence electrons. The number of aromatic nitrogens is 2. The van der Waals surface area contributed by atoms with Crippen molar-refractivity contribution in [2.45, 2.75) is 33.2 Å². The van der Waals surface area contributed by atoms with Gasteiger partial charge in [0.25, 0.3) is 0 Å². The Kier molecular flexibility index (Phi) is 5.48. The largest absolute Gasteiger partial charge is 0.325 e. The number of carbonyl (C=O) groups is 1. The first-order valence-corrected chi connectivity index (χ1v) is 8.78. The molecule has 0 spiro atoms. The van der Waals surface area contributed by atoms with E-state index < -0.39 is 0 Å². The van der Waals surface area contributed by atoms with E-state index >= 15 is 0 Å². The van der Waals surface area contributed by atoms with Crippen molar-refractivity contribution in [3.05, 3.63) is 47.5 Å². The molecule has 1 saturated heterocycles. The average molecular weight is 344 g/mol. The van der Waals surface area contributed by atoms with Gasteiger partial charge in [-0.2, -0.15) is 5.10 Å². The summed E-state index contributed by atoms with van der Waals surface area (Å²) < 4.78 is 15.2. The Bertz CT molecular complexity index is 735. The molecule has 0 unspecified atom stereocenters. The number of carbonyl (C=O) groups excluding carboxylic acids is 1. The van der Waals surface area contributed by atoms with Crippen LogP contribution in [0.4, 0.5) is 10.1 Å². The molecule has 0 radical (unpaired) electrons. The third-order valence-corrected chi connectivity index (χ3v) is 4.72. The molecular formula is C19H25FN4O. The van der Waals surface area contributed by atoms with E-state index in [9.17, 15) is 9.18 Å². The van der Waals surface area contributed by atoms with Crippen molar-refractivity contribution in [2.75, 3.05) is 25.0 Å². The van der Waals surface area contributed by atoms with Crippen LogP contribution in [0, 0.1) is 25.6 Å². The number of hydrogen-bond donors (Lipinski definition) is 1. The van der Waals surface area contributed by atoms with Gasteiger partial charge in [0.05, 0.1) is 12.2 Å². The Morgan fingerprint density at radius 1 is 1.28 bits per heavy atom. The standard InChI is InChI=1S/C19H25FN4O/c1-14-10-15(2)24(22-14)12-16-6-8-23(9-7-16)13-19(25)21-18-5-3-4-17(20)11-18/h3-5,10-11,16H,6-9,12-13H2,1-2H3,(H,21,25). The van der Waals surface area contributed by atoms with Gasteiger partial charge in [-0.05, 0) is 70.0 Å². The molecule has 2 aromatic rings. The summed E-state index contributed by atoms with van der Waals surface area (Å²) in [4.78, 5) is 14.3. The molecule has 1 N–H and O–H groups in total. The summed E-state index contributed by atoms with van der Waals surface area (Å²) in [6.45, 7) is 7.21. The fraction of sp³-hybridized carbons (Fsp3) is 0.474. The van der Waals surface area contributed by atoms with Gasteiger partial charge >= 0.3 is 0 Å². The SMILES string of the molecule is Cc1cc(C)n(CC2CCN(CC(=O)Nc3cccc(F)c3)CC2)n1. The summed E-state index contributed by atoms with van der Waals surface area (Å²) in [5.41, 5.74) is 2.77. The maximum Gasteiger partial charge on any atom is 0.238 e. The van der Waals surface area contributed by atoms with Crippen molar-refractivity contribution in [1.82, 2.24) is 14.7 Å². The minimum atomic E-state index is -0.345. The zero-order chi connectivity index (χ0) is 17.8. The van der Waals surface area contributed by atoms with Crippen LogP contribution in [0.2, 0.25) is 0 Å². The van der Waals surface area contributed by atoms with Gasteiger partial charge < -0.3 is 5.32 Å². The van der Waals surface area contributed by atoms with Gasteiger partial charge in [0.1, 0.15) is 5.82 Å². The van der Waals surface area contributed by atoms with E-state index in [1.165, 1.54) is 17.8 Å². The van der Waals surface area contributed by atoms with E-state index in [4.69, 9.17) is 0 Å². The normalized spacial score (nSPS) is 16.1. The van der Waals surface area contributed by atoms with Crippen LogP contribution in [0.3, 0.4) is 0 Å². The van der Waals surface area contributed by atoms with Crippen molar-refractivity contribution >= 4 is 11.6 Å². The molecule has 1 aromatic carbocycles. The second-order valence-electron chi connectivity index (χ2n) is 6.89. The van der Waals surface area contributed by atoms with Crippen LogP contribution >= 0.6 is 0 Å². The maximum atomic E-state index is 13.2. The maximum absolute atomic E-state index is 13.2. The van der Waals surface area contributed by atoms with E-state index in [-0.39, 0.29) is 11.7 Å². The summed E-state index contributed by atoms with van der Waals surface area (Å²) in [5.74, 6) is 0.158. The van der Waals surface area contributed by atoms with E-state index in [0.29, 0.717) is 18.2 Å². The molecule has 0 bridgehead atoms. The second-order valence-corrected chi connectivity index (χ2v) is 6.89. The lowest BCUT2D eigenvalue weighted by atomic mass is 9.97. The molecular weight excluding hydrogens is 319 g/mol. The number of aryl methyl sites for hydroxylation is 2. The zero-order valence-corrected chi connectivity index (χ0v) is 14.8. The summed E-state index contributed by atoms with van der Waals surface area (Å²) in [6, 6.07) is 8.09.